The Kier molecular flexibility index (Phi) is 5.27. The van der Waals surface area contributed by atoms with E-state index in [2.05, 4.69) is 11.0 Å². The summed E-state index contributed by atoms with van der Waals surface area (Å²) in [5.74, 6) is 0.563. The summed E-state index contributed by atoms with van der Waals surface area (Å²) in [6, 6.07) is 2.74. The van der Waals surface area contributed by atoms with Gasteiger partial charge in [-0.1, -0.05) is 6.07 Å². The minimum atomic E-state index is -0.579. The van der Waals surface area contributed by atoms with Crippen molar-refractivity contribution in [1.82, 2.24) is 9.80 Å². The molecule has 1 fully saturated rings. The van der Waals surface area contributed by atoms with Gasteiger partial charge >= 0.3 is 0 Å². The van der Waals surface area contributed by atoms with Crippen LogP contribution in [-0.4, -0.2) is 65.0 Å². The number of rotatable bonds is 3. The van der Waals surface area contributed by atoms with Crippen molar-refractivity contribution in [3.8, 4) is 34.8 Å². The number of aryl methyl sites for hydroxylation is 1. The molecule has 184 valence electrons. The van der Waals surface area contributed by atoms with Crippen LogP contribution in [0.4, 0.5) is 0 Å². The number of ether oxygens (including phenoxy) is 2. The van der Waals surface area contributed by atoms with E-state index in [-0.39, 0.29) is 35.6 Å². The molecule has 0 saturated carbocycles. The summed E-state index contributed by atoms with van der Waals surface area (Å²) in [6.07, 6.45) is 2.35. The summed E-state index contributed by atoms with van der Waals surface area (Å²) < 4.78 is 10.9. The van der Waals surface area contributed by atoms with Gasteiger partial charge in [0.1, 0.15) is 11.8 Å². The van der Waals surface area contributed by atoms with Crippen LogP contribution in [0.1, 0.15) is 45.5 Å². The fourth-order valence-corrected chi connectivity index (χ4v) is 6.33. The zero-order chi connectivity index (χ0) is 25.3. The van der Waals surface area contributed by atoms with Crippen LogP contribution in [0.5, 0.6) is 28.7 Å². The van der Waals surface area contributed by atoms with E-state index in [4.69, 9.17) is 15.2 Å². The Morgan fingerprint density at radius 2 is 1.74 bits per heavy atom. The second kappa shape index (κ2) is 7.97. The summed E-state index contributed by atoms with van der Waals surface area (Å²) in [4.78, 5) is 4.04. The van der Waals surface area contributed by atoms with Crippen molar-refractivity contribution in [1.29, 1.82) is 5.26 Å². The summed E-state index contributed by atoms with van der Waals surface area (Å²) in [5, 5.41) is 43.9. The largest absolute Gasteiger partial charge is 0.507 e. The molecular weight excluding hydrogens is 448 g/mol. The highest BCUT2D eigenvalue weighted by atomic mass is 16.5. The molecule has 2 aromatic rings. The molecule has 3 aliphatic rings. The van der Waals surface area contributed by atoms with Crippen LogP contribution < -0.4 is 15.2 Å². The predicted molar refractivity (Wildman–Crippen MR) is 129 cm³/mol. The van der Waals surface area contributed by atoms with Crippen LogP contribution in [0, 0.1) is 25.2 Å². The van der Waals surface area contributed by atoms with Crippen molar-refractivity contribution in [3.05, 3.63) is 45.1 Å². The first-order valence-electron chi connectivity index (χ1n) is 11.5. The highest BCUT2D eigenvalue weighted by Crippen LogP contribution is 2.57. The average Bonchev–Trinajstić information content (AvgIpc) is 2.83. The molecular formula is C26H30N4O5. The molecule has 35 heavy (non-hydrogen) atoms. The predicted octanol–water partition coefficient (Wildman–Crippen LogP) is 2.60. The zero-order valence-corrected chi connectivity index (χ0v) is 20.5. The lowest BCUT2D eigenvalue weighted by atomic mass is 9.75. The number of benzene rings is 2. The highest BCUT2D eigenvalue weighted by molar-refractivity contribution is 5.76. The Morgan fingerprint density at radius 3 is 2.34 bits per heavy atom. The van der Waals surface area contributed by atoms with Gasteiger partial charge in [0, 0.05) is 40.5 Å². The van der Waals surface area contributed by atoms with E-state index in [0.717, 1.165) is 16.8 Å². The number of piperazine rings is 1. The Morgan fingerprint density at radius 1 is 1.09 bits per heavy atom. The SMILES string of the molecule is COc1c(C)cc2c(c1O)[C@@H]1C3=Cc4c(O)c(C)c(OC)c(O)c4C(CN)N3[C@@H](C#N)[C@H](C2)N1C. The Bertz CT molecular complexity index is 1310. The van der Waals surface area contributed by atoms with E-state index in [0.29, 0.717) is 34.4 Å². The van der Waals surface area contributed by atoms with E-state index >= 15 is 0 Å². The van der Waals surface area contributed by atoms with E-state index < -0.39 is 18.1 Å². The fourth-order valence-electron chi connectivity index (χ4n) is 6.33. The number of hydrogen-bond acceptors (Lipinski definition) is 9. The third-order valence-electron chi connectivity index (χ3n) is 7.88. The van der Waals surface area contributed by atoms with Gasteiger partial charge in [0.25, 0.3) is 0 Å². The second-order valence-corrected chi connectivity index (χ2v) is 9.47. The van der Waals surface area contributed by atoms with Crippen molar-refractivity contribution in [2.75, 3.05) is 27.8 Å². The number of phenols is 3. The van der Waals surface area contributed by atoms with Gasteiger partial charge in [0.05, 0.1) is 32.4 Å². The highest BCUT2D eigenvalue weighted by Gasteiger charge is 2.52. The summed E-state index contributed by atoms with van der Waals surface area (Å²) >= 11 is 0. The third-order valence-corrected chi connectivity index (χ3v) is 7.88. The number of aromatic hydroxyl groups is 3. The first kappa shape index (κ1) is 23.1. The van der Waals surface area contributed by atoms with Crippen molar-refractivity contribution in [3.63, 3.8) is 0 Å². The molecule has 3 aliphatic heterocycles. The van der Waals surface area contributed by atoms with Crippen LogP contribution in [0.25, 0.3) is 6.08 Å². The number of phenolic OH excluding ortho intramolecular Hbond substituents is 3. The molecule has 2 bridgehead atoms. The first-order valence-corrected chi connectivity index (χ1v) is 11.5. The van der Waals surface area contributed by atoms with E-state index in [1.807, 2.05) is 24.9 Å². The normalized spacial score (nSPS) is 24.6. The summed E-state index contributed by atoms with van der Waals surface area (Å²) in [6.45, 7) is 3.66. The molecule has 9 nitrogen and oxygen atoms in total. The van der Waals surface area contributed by atoms with Crippen molar-refractivity contribution in [2.24, 2.45) is 5.73 Å². The lowest BCUT2D eigenvalue weighted by molar-refractivity contribution is 0.0209. The Hall–Kier alpha value is -3.61. The Balaban J connectivity index is 1.85. The molecule has 0 aromatic heterocycles. The molecule has 5 N–H and O–H groups in total. The minimum Gasteiger partial charge on any atom is -0.507 e. The Labute approximate surface area is 204 Å². The lowest BCUT2D eigenvalue weighted by Gasteiger charge is -2.57. The topological polar surface area (TPSA) is 135 Å². The van der Waals surface area contributed by atoms with Crippen molar-refractivity contribution in [2.45, 2.75) is 44.4 Å². The summed E-state index contributed by atoms with van der Waals surface area (Å²) in [7, 11) is 4.90. The van der Waals surface area contributed by atoms with Crippen LogP contribution in [0.15, 0.2) is 11.8 Å². The van der Waals surface area contributed by atoms with E-state index in [1.165, 1.54) is 14.2 Å². The molecule has 0 spiro atoms. The van der Waals surface area contributed by atoms with Gasteiger partial charge < -0.3 is 35.4 Å². The lowest BCUT2D eigenvalue weighted by Crippen LogP contribution is -2.62. The second-order valence-electron chi connectivity index (χ2n) is 9.47. The number of methoxy groups -OCH3 is 2. The van der Waals surface area contributed by atoms with Gasteiger partial charge in [-0.15, -0.1) is 0 Å². The van der Waals surface area contributed by atoms with Crippen molar-refractivity contribution >= 4 is 6.08 Å². The van der Waals surface area contributed by atoms with Gasteiger partial charge in [-0.2, -0.15) is 5.26 Å². The zero-order valence-electron chi connectivity index (χ0n) is 20.5. The monoisotopic (exact) mass is 478 g/mol. The maximum atomic E-state index is 11.3. The smallest absolute Gasteiger partial charge is 0.167 e. The number of fused-ring (bicyclic) bond motifs is 7. The van der Waals surface area contributed by atoms with E-state index in [1.54, 1.807) is 13.0 Å². The maximum absolute atomic E-state index is 11.3. The van der Waals surface area contributed by atoms with Gasteiger partial charge in [-0.25, -0.2) is 0 Å². The van der Waals surface area contributed by atoms with Crippen LogP contribution in [0.2, 0.25) is 0 Å². The van der Waals surface area contributed by atoms with Gasteiger partial charge in [0.15, 0.2) is 23.0 Å². The standard InChI is InChI=1S/C26H30N4O5/c1-11-6-13-7-15-17(9-27)30-16(21(29(15)3)19(13)23(32)25(11)34-4)8-14-20(18(30)10-28)24(33)26(35-5)12(2)22(14)31/h6,8,15,17-18,21,31-33H,7,10,28H2,1-5H3/t15-,17-,18?,21-/m0/s1. The molecule has 9 heteroatoms. The maximum Gasteiger partial charge on any atom is 0.167 e. The average molecular weight is 479 g/mol. The molecule has 0 aliphatic carbocycles. The van der Waals surface area contributed by atoms with E-state index in [9.17, 15) is 20.6 Å². The van der Waals surface area contributed by atoms with Gasteiger partial charge in [-0.05, 0) is 44.5 Å². The summed E-state index contributed by atoms with van der Waals surface area (Å²) in [5.41, 5.74) is 10.8. The molecule has 0 amide bonds. The van der Waals surface area contributed by atoms with Crippen molar-refractivity contribution < 1.29 is 24.8 Å². The minimum absolute atomic E-state index is 0.0136. The number of likely N-dealkylation sites (N-methyl/N-ethyl adjacent to an activating group) is 1. The van der Waals surface area contributed by atoms with Gasteiger partial charge in [0.2, 0.25) is 0 Å². The van der Waals surface area contributed by atoms with Crippen LogP contribution >= 0.6 is 0 Å². The fraction of sp³-hybridized carbons (Fsp3) is 0.423. The number of nitrogens with two attached hydrogens (primary N) is 1. The third kappa shape index (κ3) is 2.87. The van der Waals surface area contributed by atoms with Crippen LogP contribution in [0.3, 0.4) is 0 Å². The number of hydrogen-bond donors (Lipinski definition) is 4. The number of nitrogens with zero attached hydrogens (tertiary/aromatic N) is 3. The number of nitriles is 1. The molecule has 0 radical (unpaired) electrons. The molecule has 3 heterocycles. The first-order chi connectivity index (χ1) is 16.7. The van der Waals surface area contributed by atoms with Crippen LogP contribution in [-0.2, 0) is 6.42 Å². The molecule has 4 atom stereocenters. The molecule has 1 unspecified atom stereocenters. The molecule has 2 aromatic carbocycles. The van der Waals surface area contributed by atoms with Gasteiger partial charge in [-0.3, -0.25) is 4.90 Å². The quantitative estimate of drug-likeness (QED) is 0.491. The molecule has 5 rings (SSSR count). The molecule has 1 saturated heterocycles.